The number of hydrogen-bond donors (Lipinski definition) is 0. The molecule has 4 heteroatoms. The average Bonchev–Trinajstić information content (AvgIpc) is 2.87. The van der Waals surface area contributed by atoms with E-state index in [9.17, 15) is 0 Å². The van der Waals surface area contributed by atoms with E-state index in [1.807, 2.05) is 30.5 Å². The van der Waals surface area contributed by atoms with Crippen molar-refractivity contribution in [1.82, 2.24) is 0 Å². The summed E-state index contributed by atoms with van der Waals surface area (Å²) in [4.78, 5) is 15.4. The number of hydrogen-bond acceptors (Lipinski definition) is 3. The Labute approximate surface area is 231 Å². The minimum atomic E-state index is 0.591. The Bertz CT molecular complexity index is 1480. The second kappa shape index (κ2) is 12.1. The van der Waals surface area contributed by atoms with Gasteiger partial charge in [0.2, 0.25) is 0 Å². The monoisotopic (exact) mass is 519 g/mol. The highest BCUT2D eigenvalue weighted by atomic mass is 35.5. The molecule has 192 valence electrons. The Hall–Kier alpha value is -3.82. The Morgan fingerprint density at radius 1 is 0.579 bits per heavy atom. The van der Waals surface area contributed by atoms with Crippen LogP contribution in [0.4, 0.5) is 17.1 Å². The summed E-state index contributed by atoms with van der Waals surface area (Å²) in [6, 6.07) is 26.7. The molecule has 4 aromatic carbocycles. The van der Waals surface area contributed by atoms with Crippen LogP contribution in [0.25, 0.3) is 0 Å². The van der Waals surface area contributed by atoms with Gasteiger partial charge >= 0.3 is 0 Å². The lowest BCUT2D eigenvalue weighted by Gasteiger charge is -2.13. The lowest BCUT2D eigenvalue weighted by atomic mass is 10.0. The number of halogens is 1. The van der Waals surface area contributed by atoms with Gasteiger partial charge < -0.3 is 0 Å². The molecule has 0 aromatic heterocycles. The van der Waals surface area contributed by atoms with E-state index in [1.54, 1.807) is 0 Å². The Morgan fingerprint density at radius 3 is 1.47 bits per heavy atom. The van der Waals surface area contributed by atoms with Crippen LogP contribution in [-0.4, -0.2) is 17.6 Å². The first kappa shape index (κ1) is 27.2. The van der Waals surface area contributed by atoms with E-state index in [1.165, 1.54) is 0 Å². The average molecular weight is 520 g/mol. The Kier molecular flexibility index (Phi) is 8.70. The Balaban J connectivity index is 1.95. The van der Waals surface area contributed by atoms with Gasteiger partial charge in [-0.1, -0.05) is 78.3 Å². The molecule has 3 nitrogen and oxygen atoms in total. The zero-order chi connectivity index (χ0) is 27.2. The predicted molar refractivity (Wildman–Crippen MR) is 165 cm³/mol. The third-order valence-electron chi connectivity index (χ3n) is 6.69. The van der Waals surface area contributed by atoms with Crippen molar-refractivity contribution in [2.75, 3.05) is 0 Å². The Morgan fingerprint density at radius 2 is 1.00 bits per heavy atom. The number of aryl methyl sites for hydroxylation is 6. The van der Waals surface area contributed by atoms with Crippen molar-refractivity contribution in [3.63, 3.8) is 0 Å². The molecule has 0 saturated carbocycles. The smallest absolute Gasteiger partial charge is 0.104 e. The third-order valence-corrected chi connectivity index (χ3v) is 6.95. The van der Waals surface area contributed by atoms with Crippen molar-refractivity contribution < 1.29 is 0 Å². The predicted octanol–water partition coefficient (Wildman–Crippen LogP) is 9.68. The van der Waals surface area contributed by atoms with E-state index in [2.05, 4.69) is 96.1 Å². The van der Waals surface area contributed by atoms with Crippen molar-refractivity contribution in [3.05, 3.63) is 123 Å². The zero-order valence-electron chi connectivity index (χ0n) is 23.0. The number of aliphatic imine (C=N–C) groups is 3. The first-order valence-electron chi connectivity index (χ1n) is 12.9. The highest BCUT2D eigenvalue weighted by Crippen LogP contribution is 2.27. The molecule has 0 amide bonds. The second-order valence-electron chi connectivity index (χ2n) is 9.84. The van der Waals surface area contributed by atoms with Gasteiger partial charge in [-0.05, 0) is 92.6 Å². The van der Waals surface area contributed by atoms with Crippen molar-refractivity contribution in [3.8, 4) is 0 Å². The van der Waals surface area contributed by atoms with Gasteiger partial charge in [-0.2, -0.15) is 0 Å². The van der Waals surface area contributed by atoms with Crippen LogP contribution in [0.15, 0.2) is 93.8 Å². The maximum absolute atomic E-state index is 6.20. The highest BCUT2D eigenvalue weighted by molar-refractivity contribution is 6.63. The molecule has 4 aromatic rings. The second-order valence-corrected chi connectivity index (χ2v) is 10.3. The van der Waals surface area contributed by atoms with Gasteiger partial charge in [0.1, 0.15) is 5.71 Å². The van der Waals surface area contributed by atoms with Crippen molar-refractivity contribution in [1.29, 1.82) is 0 Å². The fourth-order valence-corrected chi connectivity index (χ4v) is 4.63. The normalized spacial score (nSPS) is 12.4. The van der Waals surface area contributed by atoms with Crippen molar-refractivity contribution in [2.45, 2.75) is 48.0 Å². The standard InChI is InChI=1S/C34H34ClN3/c1-22-10-7-11-23(2)32(22)36-21-31(38-34-26(5)14-9-15-27(34)6)30(20-28-16-18-29(35)19-17-28)37-33-24(3)12-8-13-25(33)4/h7-19,21H,20H2,1-6H3. The largest absolute Gasteiger partial charge is 0.254 e. The lowest BCUT2D eigenvalue weighted by molar-refractivity contribution is 1.28. The van der Waals surface area contributed by atoms with Crippen molar-refractivity contribution >= 4 is 46.3 Å². The van der Waals surface area contributed by atoms with Crippen LogP contribution in [0.5, 0.6) is 0 Å². The van der Waals surface area contributed by atoms with E-state index in [-0.39, 0.29) is 0 Å². The molecule has 0 heterocycles. The summed E-state index contributed by atoms with van der Waals surface area (Å²) in [7, 11) is 0. The van der Waals surface area contributed by atoms with Gasteiger partial charge in [-0.25, -0.2) is 4.99 Å². The molecule has 0 unspecified atom stereocenters. The van der Waals surface area contributed by atoms with E-state index < -0.39 is 0 Å². The molecule has 0 aliphatic heterocycles. The van der Waals surface area contributed by atoms with Crippen LogP contribution in [0.2, 0.25) is 5.02 Å². The number of benzene rings is 4. The maximum Gasteiger partial charge on any atom is 0.104 e. The number of nitrogens with zero attached hydrogens (tertiary/aromatic N) is 3. The molecular weight excluding hydrogens is 486 g/mol. The van der Waals surface area contributed by atoms with Crippen LogP contribution in [-0.2, 0) is 6.42 Å². The molecule has 0 N–H and O–H groups in total. The summed E-state index contributed by atoms with van der Waals surface area (Å²) >= 11 is 6.20. The van der Waals surface area contributed by atoms with Gasteiger partial charge in [0, 0.05) is 11.4 Å². The molecule has 0 aliphatic rings. The van der Waals surface area contributed by atoms with Gasteiger partial charge in [0.15, 0.2) is 0 Å². The van der Waals surface area contributed by atoms with Crippen LogP contribution in [0.3, 0.4) is 0 Å². The fraction of sp³-hybridized carbons (Fsp3) is 0.206. The lowest BCUT2D eigenvalue weighted by Crippen LogP contribution is -2.19. The molecule has 0 fully saturated rings. The van der Waals surface area contributed by atoms with Gasteiger partial charge in [-0.3, -0.25) is 9.98 Å². The molecule has 0 spiro atoms. The summed E-state index contributed by atoms with van der Waals surface area (Å²) in [6.45, 7) is 12.5. The highest BCUT2D eigenvalue weighted by Gasteiger charge is 2.14. The van der Waals surface area contributed by atoms with Crippen LogP contribution < -0.4 is 0 Å². The minimum absolute atomic E-state index is 0.591. The molecule has 0 radical (unpaired) electrons. The molecule has 0 saturated heterocycles. The van der Waals surface area contributed by atoms with E-state index >= 15 is 0 Å². The summed E-state index contributed by atoms with van der Waals surface area (Å²) in [5.74, 6) is 0. The molecule has 38 heavy (non-hydrogen) atoms. The molecular formula is C34H34ClN3. The topological polar surface area (TPSA) is 37.1 Å². The first-order valence-corrected chi connectivity index (χ1v) is 13.2. The summed E-state index contributed by atoms with van der Waals surface area (Å²) in [5.41, 5.74) is 12.3. The van der Waals surface area contributed by atoms with Crippen LogP contribution >= 0.6 is 11.6 Å². The van der Waals surface area contributed by atoms with Gasteiger partial charge in [0.05, 0.1) is 29.0 Å². The third kappa shape index (κ3) is 6.54. The SMILES string of the molecule is Cc1cccc(C)c1N=CC(=Nc1c(C)cccc1C)C(Cc1ccc(Cl)cc1)=Nc1c(C)cccc1C. The van der Waals surface area contributed by atoms with E-state index in [0.717, 1.165) is 67.4 Å². The molecule has 0 atom stereocenters. The quantitative estimate of drug-likeness (QED) is 0.218. The first-order chi connectivity index (χ1) is 18.2. The minimum Gasteiger partial charge on any atom is -0.254 e. The molecule has 4 rings (SSSR count). The fourth-order valence-electron chi connectivity index (χ4n) is 4.51. The van der Waals surface area contributed by atoms with Gasteiger partial charge in [0.25, 0.3) is 0 Å². The molecule has 0 bridgehead atoms. The number of rotatable bonds is 7. The summed E-state index contributed by atoms with van der Waals surface area (Å²) < 4.78 is 0. The van der Waals surface area contributed by atoms with E-state index in [0.29, 0.717) is 11.4 Å². The zero-order valence-corrected chi connectivity index (χ0v) is 23.8. The van der Waals surface area contributed by atoms with Gasteiger partial charge in [-0.15, -0.1) is 0 Å². The van der Waals surface area contributed by atoms with Crippen LogP contribution in [0, 0.1) is 41.5 Å². The van der Waals surface area contributed by atoms with E-state index in [4.69, 9.17) is 26.6 Å². The van der Waals surface area contributed by atoms with Crippen molar-refractivity contribution in [2.24, 2.45) is 15.0 Å². The number of para-hydroxylation sites is 3. The summed E-state index contributed by atoms with van der Waals surface area (Å²) in [5, 5.41) is 0.711. The summed E-state index contributed by atoms with van der Waals surface area (Å²) in [6.07, 6.45) is 2.47. The van der Waals surface area contributed by atoms with Crippen LogP contribution in [0.1, 0.15) is 38.9 Å². The maximum atomic E-state index is 6.20. The molecule has 0 aliphatic carbocycles.